The summed E-state index contributed by atoms with van der Waals surface area (Å²) in [5.74, 6) is -0.384. The number of halogens is 4. The first kappa shape index (κ1) is 20.7. The molecule has 0 amide bonds. The van der Waals surface area contributed by atoms with Crippen LogP contribution in [0.4, 0.5) is 13.2 Å². The van der Waals surface area contributed by atoms with Gasteiger partial charge in [-0.1, -0.05) is 34.1 Å². The van der Waals surface area contributed by atoms with Crippen LogP contribution in [0, 0.1) is 0 Å². The fourth-order valence-corrected chi connectivity index (χ4v) is 2.99. The normalized spacial score (nSPS) is 13.1. The van der Waals surface area contributed by atoms with Gasteiger partial charge in [-0.05, 0) is 48.0 Å². The third kappa shape index (κ3) is 5.98. The molecule has 0 bridgehead atoms. The van der Waals surface area contributed by atoms with Gasteiger partial charge in [-0.2, -0.15) is 0 Å². The largest absolute Gasteiger partial charge is 0.573 e. The van der Waals surface area contributed by atoms with Crippen molar-refractivity contribution in [3.8, 4) is 5.75 Å². The van der Waals surface area contributed by atoms with Gasteiger partial charge < -0.3 is 14.9 Å². The predicted octanol–water partition coefficient (Wildman–Crippen LogP) is 3.85. The summed E-state index contributed by atoms with van der Waals surface area (Å²) in [6, 6.07) is 10.6. The molecule has 0 fully saturated rings. The molecule has 0 aliphatic heterocycles. The molecule has 0 heterocycles. The van der Waals surface area contributed by atoms with Crippen LogP contribution in [0.3, 0.4) is 0 Å². The Hall–Kier alpha value is -1.61. The SMILES string of the molecule is CN(CCO)Cc1cc(Br)ccc1C(O)c1cccc(OC(F)(F)F)c1. The predicted molar refractivity (Wildman–Crippen MR) is 94.7 cm³/mol. The average Bonchev–Trinajstić information content (AvgIpc) is 2.53. The first-order valence-corrected chi connectivity index (χ1v) is 8.60. The summed E-state index contributed by atoms with van der Waals surface area (Å²) in [5, 5.41) is 19.8. The Morgan fingerprint density at radius 1 is 1.19 bits per heavy atom. The van der Waals surface area contributed by atoms with Crippen molar-refractivity contribution in [3.05, 3.63) is 63.6 Å². The highest BCUT2D eigenvalue weighted by Crippen LogP contribution is 2.31. The first-order chi connectivity index (χ1) is 12.2. The standard InChI is InChI=1S/C18H19BrF3NO3/c1-23(7-8-24)11-13-9-14(19)5-6-16(13)17(25)12-3-2-4-15(10-12)26-18(20,21)22/h2-6,9-10,17,24-25H,7-8,11H2,1H3. The van der Waals surface area contributed by atoms with E-state index in [0.29, 0.717) is 24.2 Å². The highest BCUT2D eigenvalue weighted by atomic mass is 79.9. The Kier molecular flexibility index (Phi) is 7.05. The Morgan fingerprint density at radius 2 is 1.92 bits per heavy atom. The number of likely N-dealkylation sites (N-methyl/N-ethyl adjacent to an activating group) is 1. The molecule has 2 rings (SSSR count). The second-order valence-corrected chi connectivity index (χ2v) is 6.74. The molecule has 8 heteroatoms. The van der Waals surface area contributed by atoms with Gasteiger partial charge >= 0.3 is 6.36 Å². The highest BCUT2D eigenvalue weighted by molar-refractivity contribution is 9.10. The monoisotopic (exact) mass is 433 g/mol. The lowest BCUT2D eigenvalue weighted by molar-refractivity contribution is -0.274. The van der Waals surface area contributed by atoms with E-state index in [-0.39, 0.29) is 12.4 Å². The summed E-state index contributed by atoms with van der Waals surface area (Å²) in [4.78, 5) is 1.88. The van der Waals surface area contributed by atoms with Gasteiger partial charge in [-0.25, -0.2) is 0 Å². The van der Waals surface area contributed by atoms with Crippen molar-refractivity contribution in [1.29, 1.82) is 0 Å². The second-order valence-electron chi connectivity index (χ2n) is 5.83. The second kappa shape index (κ2) is 8.85. The number of rotatable bonds is 7. The van der Waals surface area contributed by atoms with Crippen LogP contribution in [0.1, 0.15) is 22.8 Å². The van der Waals surface area contributed by atoms with E-state index in [4.69, 9.17) is 5.11 Å². The maximum atomic E-state index is 12.4. The minimum Gasteiger partial charge on any atom is -0.406 e. The number of aliphatic hydroxyl groups excluding tert-OH is 2. The Labute approximate surface area is 158 Å². The van der Waals surface area contributed by atoms with Gasteiger partial charge in [0.2, 0.25) is 0 Å². The van der Waals surface area contributed by atoms with Crippen LogP contribution < -0.4 is 4.74 Å². The molecule has 2 aromatic carbocycles. The minimum absolute atomic E-state index is 0.000777. The molecule has 0 saturated heterocycles. The van der Waals surface area contributed by atoms with Crippen molar-refractivity contribution in [2.24, 2.45) is 0 Å². The first-order valence-electron chi connectivity index (χ1n) is 7.81. The molecule has 0 spiro atoms. The van der Waals surface area contributed by atoms with E-state index < -0.39 is 12.5 Å². The van der Waals surface area contributed by atoms with Gasteiger partial charge in [-0.3, -0.25) is 4.90 Å². The van der Waals surface area contributed by atoms with Crippen LogP contribution in [0.15, 0.2) is 46.9 Å². The fraction of sp³-hybridized carbons (Fsp3) is 0.333. The van der Waals surface area contributed by atoms with Crippen LogP contribution in [-0.2, 0) is 6.54 Å². The maximum Gasteiger partial charge on any atom is 0.573 e. The van der Waals surface area contributed by atoms with Gasteiger partial charge in [0.15, 0.2) is 0 Å². The van der Waals surface area contributed by atoms with E-state index in [2.05, 4.69) is 20.7 Å². The summed E-state index contributed by atoms with van der Waals surface area (Å²) in [7, 11) is 1.82. The molecule has 142 valence electrons. The number of nitrogens with zero attached hydrogens (tertiary/aromatic N) is 1. The molecular weight excluding hydrogens is 415 g/mol. The Bertz CT molecular complexity index is 740. The maximum absolute atomic E-state index is 12.4. The molecule has 0 aromatic heterocycles. The number of benzene rings is 2. The van der Waals surface area contributed by atoms with Crippen LogP contribution >= 0.6 is 15.9 Å². The number of ether oxygens (including phenoxy) is 1. The summed E-state index contributed by atoms with van der Waals surface area (Å²) < 4.78 is 42.0. The summed E-state index contributed by atoms with van der Waals surface area (Å²) in [6.45, 7) is 0.918. The van der Waals surface area contributed by atoms with E-state index in [1.807, 2.05) is 18.0 Å². The lowest BCUT2D eigenvalue weighted by Gasteiger charge is -2.21. The fourth-order valence-electron chi connectivity index (χ4n) is 2.58. The summed E-state index contributed by atoms with van der Waals surface area (Å²) >= 11 is 3.38. The zero-order valence-corrected chi connectivity index (χ0v) is 15.6. The number of alkyl halides is 3. The van der Waals surface area contributed by atoms with Crippen LogP contribution in [0.25, 0.3) is 0 Å². The molecule has 4 nitrogen and oxygen atoms in total. The molecule has 0 saturated carbocycles. The molecule has 2 N–H and O–H groups in total. The number of hydrogen-bond acceptors (Lipinski definition) is 4. The molecule has 0 radical (unpaired) electrons. The van der Waals surface area contributed by atoms with E-state index >= 15 is 0 Å². The van der Waals surface area contributed by atoms with Gasteiger partial charge in [0.05, 0.1) is 6.61 Å². The number of aliphatic hydroxyl groups is 2. The topological polar surface area (TPSA) is 52.9 Å². The van der Waals surface area contributed by atoms with Crippen molar-refractivity contribution in [1.82, 2.24) is 4.90 Å². The molecule has 0 aliphatic rings. The van der Waals surface area contributed by atoms with E-state index in [9.17, 15) is 18.3 Å². The quantitative estimate of drug-likeness (QED) is 0.696. The van der Waals surface area contributed by atoms with Crippen molar-refractivity contribution < 1.29 is 28.1 Å². The van der Waals surface area contributed by atoms with Gasteiger partial charge in [0.25, 0.3) is 0 Å². The van der Waals surface area contributed by atoms with Gasteiger partial charge in [0.1, 0.15) is 11.9 Å². The van der Waals surface area contributed by atoms with E-state index in [1.54, 1.807) is 12.1 Å². The highest BCUT2D eigenvalue weighted by Gasteiger charge is 2.31. The smallest absolute Gasteiger partial charge is 0.406 e. The molecule has 2 aromatic rings. The Morgan fingerprint density at radius 3 is 2.58 bits per heavy atom. The van der Waals surface area contributed by atoms with Crippen LogP contribution in [0.5, 0.6) is 5.75 Å². The average molecular weight is 434 g/mol. The third-order valence-corrected chi connectivity index (χ3v) is 4.22. The van der Waals surface area contributed by atoms with Crippen LogP contribution in [-0.4, -0.2) is 41.7 Å². The lowest BCUT2D eigenvalue weighted by atomic mass is 9.96. The molecule has 1 unspecified atom stereocenters. The molecule has 0 aliphatic carbocycles. The lowest BCUT2D eigenvalue weighted by Crippen LogP contribution is -2.22. The minimum atomic E-state index is -4.79. The summed E-state index contributed by atoms with van der Waals surface area (Å²) in [6.07, 6.45) is -5.91. The van der Waals surface area contributed by atoms with Crippen molar-refractivity contribution >= 4 is 15.9 Å². The van der Waals surface area contributed by atoms with Gasteiger partial charge in [0, 0.05) is 17.6 Å². The van der Waals surface area contributed by atoms with Crippen LogP contribution in [0.2, 0.25) is 0 Å². The van der Waals surface area contributed by atoms with Crippen molar-refractivity contribution in [3.63, 3.8) is 0 Å². The molecular formula is C18H19BrF3NO3. The summed E-state index contributed by atoms with van der Waals surface area (Å²) in [5.41, 5.74) is 1.66. The Balaban J connectivity index is 2.31. The zero-order chi connectivity index (χ0) is 19.3. The van der Waals surface area contributed by atoms with Crippen molar-refractivity contribution in [2.45, 2.75) is 19.0 Å². The molecule has 1 atom stereocenters. The zero-order valence-electron chi connectivity index (χ0n) is 14.0. The molecule has 26 heavy (non-hydrogen) atoms. The third-order valence-electron chi connectivity index (χ3n) is 3.73. The van der Waals surface area contributed by atoms with Crippen molar-refractivity contribution in [2.75, 3.05) is 20.2 Å². The van der Waals surface area contributed by atoms with E-state index in [1.165, 1.54) is 24.3 Å². The van der Waals surface area contributed by atoms with Gasteiger partial charge in [-0.15, -0.1) is 13.2 Å². The number of hydrogen-bond donors (Lipinski definition) is 2. The van der Waals surface area contributed by atoms with E-state index in [0.717, 1.165) is 10.0 Å².